The molecule has 0 rings (SSSR count). The summed E-state index contributed by atoms with van der Waals surface area (Å²) in [6.07, 6.45) is 3.40. The lowest BCUT2D eigenvalue weighted by molar-refractivity contribution is 0.187. The van der Waals surface area contributed by atoms with Gasteiger partial charge in [0.15, 0.2) is 10.1 Å². The number of unbranched alkanes of at least 4 members (excludes halogenated alkanes) is 2. The monoisotopic (exact) mass is 278 g/mol. The summed E-state index contributed by atoms with van der Waals surface area (Å²) in [5.41, 5.74) is 0. The van der Waals surface area contributed by atoms with E-state index in [1.807, 2.05) is 0 Å². The van der Waals surface area contributed by atoms with Crippen LogP contribution in [0.3, 0.4) is 0 Å². The maximum Gasteiger partial charge on any atom is 0.189 e. The fourth-order valence-corrected chi connectivity index (χ4v) is 1.45. The van der Waals surface area contributed by atoms with Gasteiger partial charge >= 0.3 is 0 Å². The summed E-state index contributed by atoms with van der Waals surface area (Å²) >= 11 is 9.96. The molecule has 0 spiro atoms. The van der Waals surface area contributed by atoms with Crippen LogP contribution in [-0.4, -0.2) is 34.5 Å². The largest absolute Gasteiger partial charge is 0.487 e. The Morgan fingerprint density at radius 1 is 1.06 bits per heavy atom. The Kier molecular flexibility index (Phi) is 10.7. The number of aliphatic hydroxyl groups is 1. The van der Waals surface area contributed by atoms with Crippen molar-refractivity contribution in [2.75, 3.05) is 13.2 Å². The first-order chi connectivity index (χ1) is 8.11. The topological polar surface area (TPSA) is 38.7 Å². The first kappa shape index (κ1) is 16.7. The van der Waals surface area contributed by atoms with Crippen LogP contribution >= 0.6 is 24.4 Å². The maximum absolute atomic E-state index is 9.71. The molecule has 0 aromatic heterocycles. The summed E-state index contributed by atoms with van der Waals surface area (Å²) in [6.45, 7) is 5.30. The molecule has 17 heavy (non-hydrogen) atoms. The molecule has 1 N–H and O–H groups in total. The van der Waals surface area contributed by atoms with Crippen molar-refractivity contribution in [3.8, 4) is 0 Å². The van der Waals surface area contributed by atoms with Crippen LogP contribution in [0.2, 0.25) is 0 Å². The normalized spacial score (nSPS) is 11.9. The molecule has 0 saturated heterocycles. The van der Waals surface area contributed by atoms with Crippen LogP contribution < -0.4 is 0 Å². The number of hydrogen-bond acceptors (Lipinski definition) is 5. The van der Waals surface area contributed by atoms with E-state index in [0.29, 0.717) is 18.3 Å². The predicted molar refractivity (Wildman–Crippen MR) is 77.5 cm³/mol. The molecule has 5 heteroatoms. The molecule has 0 fully saturated rings. The number of ether oxygens (including phenoxy) is 2. The zero-order valence-electron chi connectivity index (χ0n) is 10.6. The SMILES string of the molecule is CCCCOC(=S)CC(O)C(=S)OCCCC. The summed E-state index contributed by atoms with van der Waals surface area (Å²) in [5.74, 6) is 0. The number of hydrogen-bond donors (Lipinski definition) is 1. The third kappa shape index (κ3) is 9.44. The summed E-state index contributed by atoms with van der Waals surface area (Å²) in [7, 11) is 0. The molecule has 0 radical (unpaired) electrons. The van der Waals surface area contributed by atoms with Crippen molar-refractivity contribution in [1.82, 2.24) is 0 Å². The molecule has 1 unspecified atom stereocenters. The van der Waals surface area contributed by atoms with Gasteiger partial charge in [0.2, 0.25) is 0 Å². The molecular formula is C12H22O3S2. The molecule has 0 amide bonds. The smallest absolute Gasteiger partial charge is 0.189 e. The Labute approximate surface area is 114 Å². The molecule has 0 aliphatic carbocycles. The average Bonchev–Trinajstić information content (AvgIpc) is 2.29. The minimum atomic E-state index is -0.837. The average molecular weight is 278 g/mol. The van der Waals surface area contributed by atoms with Gasteiger partial charge < -0.3 is 14.6 Å². The second-order valence-electron chi connectivity index (χ2n) is 3.81. The van der Waals surface area contributed by atoms with Crippen LogP contribution in [0.15, 0.2) is 0 Å². The first-order valence-electron chi connectivity index (χ1n) is 6.12. The van der Waals surface area contributed by atoms with E-state index in [4.69, 9.17) is 33.9 Å². The van der Waals surface area contributed by atoms with E-state index in [0.717, 1.165) is 25.7 Å². The fourth-order valence-electron chi connectivity index (χ4n) is 1.04. The molecule has 100 valence electrons. The molecule has 0 bridgehead atoms. The minimum Gasteiger partial charge on any atom is -0.487 e. The van der Waals surface area contributed by atoms with Gasteiger partial charge in [0.25, 0.3) is 0 Å². The summed E-state index contributed by atoms with van der Waals surface area (Å²) < 4.78 is 10.5. The molecule has 0 aliphatic heterocycles. The molecule has 3 nitrogen and oxygen atoms in total. The van der Waals surface area contributed by atoms with E-state index >= 15 is 0 Å². The van der Waals surface area contributed by atoms with E-state index in [2.05, 4.69) is 13.8 Å². The van der Waals surface area contributed by atoms with Gasteiger partial charge in [-0.2, -0.15) is 0 Å². The third-order valence-electron chi connectivity index (χ3n) is 2.14. The number of aliphatic hydroxyl groups excluding tert-OH is 1. The van der Waals surface area contributed by atoms with E-state index in [1.54, 1.807) is 0 Å². The van der Waals surface area contributed by atoms with Crippen molar-refractivity contribution < 1.29 is 14.6 Å². The van der Waals surface area contributed by atoms with Gasteiger partial charge in [0.1, 0.15) is 6.10 Å². The van der Waals surface area contributed by atoms with Crippen molar-refractivity contribution in [1.29, 1.82) is 0 Å². The maximum atomic E-state index is 9.71. The first-order valence-corrected chi connectivity index (χ1v) is 6.93. The highest BCUT2D eigenvalue weighted by Crippen LogP contribution is 2.03. The highest BCUT2D eigenvalue weighted by atomic mass is 32.1. The van der Waals surface area contributed by atoms with Gasteiger partial charge in [0.05, 0.1) is 19.6 Å². The lowest BCUT2D eigenvalue weighted by Gasteiger charge is -2.14. The zero-order chi connectivity index (χ0) is 13.1. The van der Waals surface area contributed by atoms with Gasteiger partial charge in [-0.15, -0.1) is 0 Å². The Balaban J connectivity index is 3.71. The number of rotatable bonds is 9. The van der Waals surface area contributed by atoms with Gasteiger partial charge in [0, 0.05) is 0 Å². The van der Waals surface area contributed by atoms with E-state index < -0.39 is 6.10 Å². The van der Waals surface area contributed by atoms with Crippen molar-refractivity contribution >= 4 is 34.5 Å². The fraction of sp³-hybridized carbons (Fsp3) is 0.833. The third-order valence-corrected chi connectivity index (χ3v) is 2.81. The van der Waals surface area contributed by atoms with Crippen LogP contribution in [0.25, 0.3) is 0 Å². The molecule has 0 heterocycles. The molecule has 0 aliphatic rings. The molecule has 1 atom stereocenters. The highest BCUT2D eigenvalue weighted by Gasteiger charge is 2.15. The second-order valence-corrected chi connectivity index (χ2v) is 4.67. The van der Waals surface area contributed by atoms with Crippen LogP contribution in [0, 0.1) is 0 Å². The van der Waals surface area contributed by atoms with Gasteiger partial charge in [-0.1, -0.05) is 26.7 Å². The van der Waals surface area contributed by atoms with E-state index in [1.165, 1.54) is 0 Å². The van der Waals surface area contributed by atoms with Crippen LogP contribution in [0.4, 0.5) is 0 Å². The molecular weight excluding hydrogens is 256 g/mol. The number of thiocarbonyl (C=S) groups is 2. The Hall–Kier alpha value is -0.260. The Morgan fingerprint density at radius 3 is 2.12 bits per heavy atom. The molecule has 0 aromatic carbocycles. The van der Waals surface area contributed by atoms with Gasteiger partial charge in [-0.05, 0) is 37.3 Å². The van der Waals surface area contributed by atoms with Crippen LogP contribution in [0.1, 0.15) is 46.0 Å². The lowest BCUT2D eigenvalue weighted by atomic mass is 10.3. The van der Waals surface area contributed by atoms with Crippen molar-refractivity contribution in [2.24, 2.45) is 0 Å². The van der Waals surface area contributed by atoms with Crippen molar-refractivity contribution in [3.05, 3.63) is 0 Å². The summed E-state index contributed by atoms with van der Waals surface area (Å²) in [5, 5.41) is 10.3. The van der Waals surface area contributed by atoms with E-state index in [-0.39, 0.29) is 11.5 Å². The van der Waals surface area contributed by atoms with E-state index in [9.17, 15) is 5.11 Å². The molecule has 0 aromatic rings. The lowest BCUT2D eigenvalue weighted by Crippen LogP contribution is -2.25. The summed E-state index contributed by atoms with van der Waals surface area (Å²) in [4.78, 5) is 0. The van der Waals surface area contributed by atoms with Crippen molar-refractivity contribution in [2.45, 2.75) is 52.1 Å². The van der Waals surface area contributed by atoms with Gasteiger partial charge in [-0.3, -0.25) is 0 Å². The standard InChI is InChI=1S/C12H22O3S2/c1-3-5-7-14-11(16)9-10(13)12(17)15-8-6-4-2/h10,13H,3-9H2,1-2H3. The predicted octanol–water partition coefficient (Wildman–Crippen LogP) is 3.03. The highest BCUT2D eigenvalue weighted by molar-refractivity contribution is 7.80. The van der Waals surface area contributed by atoms with Gasteiger partial charge in [-0.25, -0.2) is 0 Å². The zero-order valence-corrected chi connectivity index (χ0v) is 12.2. The Morgan fingerprint density at radius 2 is 1.59 bits per heavy atom. The molecule has 0 saturated carbocycles. The van der Waals surface area contributed by atoms with Crippen LogP contribution in [-0.2, 0) is 9.47 Å². The quantitative estimate of drug-likeness (QED) is 0.518. The Bertz CT molecular complexity index is 232. The van der Waals surface area contributed by atoms with Crippen LogP contribution in [0.5, 0.6) is 0 Å². The second kappa shape index (κ2) is 10.9. The summed E-state index contributed by atoms with van der Waals surface area (Å²) in [6, 6.07) is 0. The van der Waals surface area contributed by atoms with Crippen molar-refractivity contribution in [3.63, 3.8) is 0 Å². The minimum absolute atomic E-state index is 0.208.